The molecule has 8 nitrogen and oxygen atoms in total. The van der Waals surface area contributed by atoms with Crippen molar-refractivity contribution in [2.24, 2.45) is 5.10 Å². The third kappa shape index (κ3) is 7.94. The van der Waals surface area contributed by atoms with Crippen molar-refractivity contribution in [3.8, 4) is 11.5 Å². The van der Waals surface area contributed by atoms with E-state index in [2.05, 4.69) is 31.8 Å². The highest BCUT2D eigenvalue weighted by atomic mass is 79.9. The van der Waals surface area contributed by atoms with Crippen molar-refractivity contribution >= 4 is 51.5 Å². The number of hydrogen-bond acceptors (Lipinski definition) is 6. The second-order valence-corrected chi connectivity index (χ2v) is 8.37. The van der Waals surface area contributed by atoms with Crippen molar-refractivity contribution in [3.05, 3.63) is 92.9 Å². The Kier molecular flexibility index (Phi) is 9.39. The Morgan fingerprint density at radius 3 is 2.51 bits per heavy atom. The van der Waals surface area contributed by atoms with E-state index >= 15 is 0 Å². The summed E-state index contributed by atoms with van der Waals surface area (Å²) in [6.07, 6.45) is 1.34. The van der Waals surface area contributed by atoms with Crippen molar-refractivity contribution in [1.82, 2.24) is 10.7 Å². The van der Waals surface area contributed by atoms with Crippen LogP contribution in [0, 0.1) is 0 Å². The van der Waals surface area contributed by atoms with E-state index in [1.807, 2.05) is 6.92 Å². The van der Waals surface area contributed by atoms with Gasteiger partial charge in [0.2, 0.25) is 0 Å². The zero-order valence-corrected chi connectivity index (χ0v) is 20.9. The molecule has 2 N–H and O–H groups in total. The maximum absolute atomic E-state index is 12.6. The number of ether oxygens (including phenoxy) is 2. The van der Waals surface area contributed by atoms with Gasteiger partial charge >= 0.3 is 5.97 Å². The SMILES string of the molecule is CCOc1ccc(C(=O)Oc2ccc(Br)cc2/C=N\NC(=O)CNC(=O)c2cccc(Cl)c2)cc1. The lowest BCUT2D eigenvalue weighted by atomic mass is 10.2. The van der Waals surface area contributed by atoms with Gasteiger partial charge in [0.15, 0.2) is 0 Å². The number of nitrogens with one attached hydrogen (secondary N) is 2. The fraction of sp³-hybridized carbons (Fsp3) is 0.120. The minimum atomic E-state index is -0.558. The summed E-state index contributed by atoms with van der Waals surface area (Å²) in [5, 5.41) is 6.79. The number of carbonyl (C=O) groups excluding carboxylic acids is 3. The summed E-state index contributed by atoms with van der Waals surface area (Å²) in [4.78, 5) is 36.7. The quantitative estimate of drug-likeness (QED) is 0.173. The van der Waals surface area contributed by atoms with Crippen LogP contribution in [-0.2, 0) is 4.79 Å². The van der Waals surface area contributed by atoms with Gasteiger partial charge in [0, 0.05) is 20.6 Å². The Bertz CT molecular complexity index is 1250. The van der Waals surface area contributed by atoms with E-state index in [4.69, 9.17) is 21.1 Å². The zero-order valence-electron chi connectivity index (χ0n) is 18.6. The first-order chi connectivity index (χ1) is 16.9. The van der Waals surface area contributed by atoms with E-state index in [0.717, 1.165) is 4.47 Å². The van der Waals surface area contributed by atoms with Gasteiger partial charge in [0.1, 0.15) is 11.5 Å². The first kappa shape index (κ1) is 25.9. The molecule has 0 bridgehead atoms. The summed E-state index contributed by atoms with van der Waals surface area (Å²) >= 11 is 9.23. The lowest BCUT2D eigenvalue weighted by Crippen LogP contribution is -2.34. The monoisotopic (exact) mass is 557 g/mol. The molecular formula is C25H21BrClN3O5. The second-order valence-electron chi connectivity index (χ2n) is 7.02. The van der Waals surface area contributed by atoms with Gasteiger partial charge in [-0.25, -0.2) is 10.2 Å². The van der Waals surface area contributed by atoms with Gasteiger partial charge in [-0.1, -0.05) is 33.6 Å². The van der Waals surface area contributed by atoms with Crippen molar-refractivity contribution in [1.29, 1.82) is 0 Å². The zero-order chi connectivity index (χ0) is 25.2. The topological polar surface area (TPSA) is 106 Å². The summed E-state index contributed by atoms with van der Waals surface area (Å²) < 4.78 is 11.6. The molecule has 180 valence electrons. The van der Waals surface area contributed by atoms with Gasteiger partial charge in [-0.3, -0.25) is 9.59 Å². The van der Waals surface area contributed by atoms with Crippen molar-refractivity contribution in [2.75, 3.05) is 13.2 Å². The number of amides is 2. The highest BCUT2D eigenvalue weighted by molar-refractivity contribution is 9.10. The molecule has 0 aliphatic rings. The van der Waals surface area contributed by atoms with Crippen LogP contribution in [0.15, 0.2) is 76.3 Å². The van der Waals surface area contributed by atoms with Crippen molar-refractivity contribution in [3.63, 3.8) is 0 Å². The Morgan fingerprint density at radius 1 is 1.03 bits per heavy atom. The molecule has 0 saturated heterocycles. The number of nitrogens with zero attached hydrogens (tertiary/aromatic N) is 1. The molecule has 0 spiro atoms. The fourth-order valence-corrected chi connectivity index (χ4v) is 3.40. The molecule has 0 heterocycles. The predicted molar refractivity (Wildman–Crippen MR) is 136 cm³/mol. The molecule has 3 aromatic carbocycles. The van der Waals surface area contributed by atoms with Crippen LogP contribution in [0.1, 0.15) is 33.2 Å². The van der Waals surface area contributed by atoms with Gasteiger partial charge in [-0.15, -0.1) is 0 Å². The number of hydrogen-bond donors (Lipinski definition) is 2. The minimum Gasteiger partial charge on any atom is -0.494 e. The first-order valence-corrected chi connectivity index (χ1v) is 11.6. The minimum absolute atomic E-state index is 0.249. The summed E-state index contributed by atoms with van der Waals surface area (Å²) in [7, 11) is 0. The molecule has 0 aliphatic heterocycles. The van der Waals surface area contributed by atoms with Crippen LogP contribution in [0.5, 0.6) is 11.5 Å². The number of halogens is 2. The lowest BCUT2D eigenvalue weighted by molar-refractivity contribution is -0.120. The van der Waals surface area contributed by atoms with E-state index in [-0.39, 0.29) is 12.3 Å². The van der Waals surface area contributed by atoms with Crippen LogP contribution in [0.3, 0.4) is 0 Å². The molecule has 0 radical (unpaired) electrons. The number of esters is 1. The number of rotatable bonds is 9. The molecule has 0 atom stereocenters. The highest BCUT2D eigenvalue weighted by Gasteiger charge is 2.12. The lowest BCUT2D eigenvalue weighted by Gasteiger charge is -2.09. The molecule has 0 aliphatic carbocycles. The van der Waals surface area contributed by atoms with Crippen LogP contribution < -0.4 is 20.2 Å². The van der Waals surface area contributed by atoms with E-state index in [1.165, 1.54) is 12.3 Å². The molecule has 3 aromatic rings. The second kappa shape index (κ2) is 12.7. The normalized spacial score (nSPS) is 10.6. The van der Waals surface area contributed by atoms with E-state index in [0.29, 0.717) is 34.1 Å². The first-order valence-electron chi connectivity index (χ1n) is 10.5. The van der Waals surface area contributed by atoms with Crippen LogP contribution >= 0.6 is 27.5 Å². The van der Waals surface area contributed by atoms with Crippen LogP contribution in [0.25, 0.3) is 0 Å². The number of carbonyl (C=O) groups is 3. The Labute approximate surface area is 215 Å². The highest BCUT2D eigenvalue weighted by Crippen LogP contribution is 2.23. The molecule has 3 rings (SSSR count). The Morgan fingerprint density at radius 2 is 1.80 bits per heavy atom. The molecule has 0 fully saturated rings. The van der Waals surface area contributed by atoms with Crippen LogP contribution in [0.2, 0.25) is 5.02 Å². The maximum atomic E-state index is 12.6. The average molecular weight is 559 g/mol. The Hall–Kier alpha value is -3.69. The van der Waals surface area contributed by atoms with Gasteiger partial charge in [0.25, 0.3) is 11.8 Å². The van der Waals surface area contributed by atoms with Crippen molar-refractivity contribution < 1.29 is 23.9 Å². The molecule has 0 saturated carbocycles. The van der Waals surface area contributed by atoms with E-state index in [9.17, 15) is 14.4 Å². The molecular weight excluding hydrogens is 538 g/mol. The van der Waals surface area contributed by atoms with E-state index < -0.39 is 17.8 Å². The molecule has 35 heavy (non-hydrogen) atoms. The summed E-state index contributed by atoms with van der Waals surface area (Å²) in [6, 6.07) is 17.9. The summed E-state index contributed by atoms with van der Waals surface area (Å²) in [5.41, 5.74) is 3.45. The Balaban J connectivity index is 1.59. The molecule has 0 aromatic heterocycles. The average Bonchev–Trinajstić information content (AvgIpc) is 2.84. The van der Waals surface area contributed by atoms with Gasteiger partial charge in [-0.2, -0.15) is 5.10 Å². The predicted octanol–water partition coefficient (Wildman–Crippen LogP) is 4.60. The van der Waals surface area contributed by atoms with Crippen molar-refractivity contribution in [2.45, 2.75) is 6.92 Å². The third-order valence-electron chi connectivity index (χ3n) is 4.46. The summed E-state index contributed by atoms with van der Waals surface area (Å²) in [5.74, 6) is -0.640. The molecule has 10 heteroatoms. The standard InChI is InChI=1S/C25H21BrClN3O5/c1-2-34-21-9-6-16(7-10-21)25(33)35-22-11-8-19(26)12-18(22)14-29-30-23(31)15-28-24(32)17-4-3-5-20(27)13-17/h3-14H,2,15H2,1H3,(H,28,32)(H,30,31)/b29-14-. The van der Waals surface area contributed by atoms with Crippen LogP contribution in [0.4, 0.5) is 0 Å². The van der Waals surface area contributed by atoms with E-state index in [1.54, 1.807) is 60.7 Å². The van der Waals surface area contributed by atoms with Gasteiger partial charge < -0.3 is 14.8 Å². The molecule has 0 unspecified atom stereocenters. The number of benzene rings is 3. The van der Waals surface area contributed by atoms with Crippen LogP contribution in [-0.4, -0.2) is 37.1 Å². The smallest absolute Gasteiger partial charge is 0.343 e. The largest absolute Gasteiger partial charge is 0.494 e. The maximum Gasteiger partial charge on any atom is 0.343 e. The fourth-order valence-electron chi connectivity index (χ4n) is 2.83. The van der Waals surface area contributed by atoms with Gasteiger partial charge in [-0.05, 0) is 67.6 Å². The van der Waals surface area contributed by atoms with Gasteiger partial charge in [0.05, 0.1) is 24.9 Å². The molecule has 2 amide bonds. The summed E-state index contributed by atoms with van der Waals surface area (Å²) in [6.45, 7) is 2.11. The third-order valence-corrected chi connectivity index (χ3v) is 5.19. The number of hydrazone groups is 1.